The normalized spacial score (nSPS) is 11.8. The van der Waals surface area contributed by atoms with E-state index in [1.54, 1.807) is 0 Å². The first kappa shape index (κ1) is 26.8. The highest BCUT2D eigenvalue weighted by Gasteiger charge is 2.23. The molecule has 2 heteroatoms. The summed E-state index contributed by atoms with van der Waals surface area (Å²) in [6, 6.07) is 60.3. The highest BCUT2D eigenvalue weighted by Crippen LogP contribution is 2.49. The molecule has 2 heterocycles. The Hall–Kier alpha value is -6.38. The molecule has 8 aromatic carbocycles. The van der Waals surface area contributed by atoms with Crippen molar-refractivity contribution in [2.45, 2.75) is 0 Å². The number of hydrogen-bond donors (Lipinski definition) is 0. The zero-order valence-corrected chi connectivity index (χ0v) is 26.0. The van der Waals surface area contributed by atoms with Gasteiger partial charge in [0.05, 0.1) is 0 Å². The van der Waals surface area contributed by atoms with Crippen molar-refractivity contribution in [1.29, 1.82) is 0 Å². The second-order valence-electron chi connectivity index (χ2n) is 12.4. The van der Waals surface area contributed by atoms with Gasteiger partial charge in [-0.25, -0.2) is 0 Å². The zero-order chi connectivity index (χ0) is 31.6. The minimum atomic E-state index is 0.870. The molecule has 0 fully saturated rings. The summed E-state index contributed by atoms with van der Waals surface area (Å²) in [5.41, 5.74) is 12.7. The van der Waals surface area contributed by atoms with Crippen molar-refractivity contribution in [2.75, 3.05) is 0 Å². The third-order valence-electron chi connectivity index (χ3n) is 9.64. The third kappa shape index (κ3) is 4.13. The Morgan fingerprint density at radius 2 is 0.771 bits per heavy atom. The first-order valence-corrected chi connectivity index (χ1v) is 16.3. The molecular weight excluding hydrogens is 585 g/mol. The van der Waals surface area contributed by atoms with Crippen molar-refractivity contribution in [3.8, 4) is 44.5 Å². The maximum absolute atomic E-state index is 6.88. The lowest BCUT2D eigenvalue weighted by Gasteiger charge is -2.17. The van der Waals surface area contributed by atoms with Crippen LogP contribution in [0.1, 0.15) is 0 Å². The molecule has 0 saturated heterocycles. The van der Waals surface area contributed by atoms with Gasteiger partial charge in [0.15, 0.2) is 0 Å². The number of rotatable bonds is 4. The van der Waals surface area contributed by atoms with E-state index in [0.29, 0.717) is 0 Å². The number of furan rings is 2. The fraction of sp³-hybridized carbons (Fsp3) is 0. The average molecular weight is 613 g/mol. The van der Waals surface area contributed by atoms with Crippen LogP contribution < -0.4 is 0 Å². The lowest BCUT2D eigenvalue weighted by atomic mass is 9.86. The van der Waals surface area contributed by atoms with Crippen molar-refractivity contribution in [3.05, 3.63) is 170 Å². The van der Waals surface area contributed by atoms with Gasteiger partial charge in [0.1, 0.15) is 22.3 Å². The molecule has 0 atom stereocenters. The molecule has 0 amide bonds. The Labute approximate surface area is 277 Å². The van der Waals surface area contributed by atoms with Gasteiger partial charge in [-0.3, -0.25) is 0 Å². The number of para-hydroxylation sites is 2. The molecule has 224 valence electrons. The minimum Gasteiger partial charge on any atom is -0.456 e. The fourth-order valence-corrected chi connectivity index (χ4v) is 7.48. The first-order chi connectivity index (χ1) is 23.8. The lowest BCUT2D eigenvalue weighted by molar-refractivity contribution is 0.668. The van der Waals surface area contributed by atoms with Crippen LogP contribution >= 0.6 is 0 Å². The maximum atomic E-state index is 6.88. The van der Waals surface area contributed by atoms with Gasteiger partial charge in [-0.1, -0.05) is 127 Å². The highest BCUT2D eigenvalue weighted by molar-refractivity contribution is 6.27. The zero-order valence-electron chi connectivity index (χ0n) is 26.0. The van der Waals surface area contributed by atoms with Crippen molar-refractivity contribution in [1.82, 2.24) is 0 Å². The summed E-state index contributed by atoms with van der Waals surface area (Å²) in [7, 11) is 0. The average Bonchev–Trinajstić information content (AvgIpc) is 3.72. The van der Waals surface area contributed by atoms with Crippen LogP contribution in [0.25, 0.3) is 99.2 Å². The second-order valence-corrected chi connectivity index (χ2v) is 12.4. The van der Waals surface area contributed by atoms with Gasteiger partial charge in [0.25, 0.3) is 0 Å². The van der Waals surface area contributed by atoms with Gasteiger partial charge in [-0.15, -0.1) is 0 Å². The van der Waals surface area contributed by atoms with Gasteiger partial charge in [0.2, 0.25) is 0 Å². The van der Waals surface area contributed by atoms with E-state index in [1.165, 1.54) is 33.2 Å². The number of fused-ring (bicyclic) bond motifs is 7. The molecular formula is C46H28O2. The maximum Gasteiger partial charge on any atom is 0.144 e. The quantitative estimate of drug-likeness (QED) is 0.198. The van der Waals surface area contributed by atoms with Gasteiger partial charge in [0, 0.05) is 32.7 Å². The van der Waals surface area contributed by atoms with E-state index >= 15 is 0 Å². The predicted molar refractivity (Wildman–Crippen MR) is 200 cm³/mol. The van der Waals surface area contributed by atoms with E-state index in [4.69, 9.17) is 8.83 Å². The van der Waals surface area contributed by atoms with Crippen LogP contribution in [-0.4, -0.2) is 0 Å². The van der Waals surface area contributed by atoms with E-state index in [1.807, 2.05) is 18.2 Å². The van der Waals surface area contributed by atoms with E-state index in [-0.39, 0.29) is 0 Å². The van der Waals surface area contributed by atoms with E-state index in [0.717, 1.165) is 66.0 Å². The Bertz CT molecular complexity index is 2760. The Balaban J connectivity index is 1.33. The van der Waals surface area contributed by atoms with Crippen molar-refractivity contribution in [2.24, 2.45) is 0 Å². The van der Waals surface area contributed by atoms with Crippen LogP contribution in [0.15, 0.2) is 179 Å². The fourth-order valence-electron chi connectivity index (χ4n) is 7.48. The summed E-state index contributed by atoms with van der Waals surface area (Å²) in [6.45, 7) is 0. The highest BCUT2D eigenvalue weighted by atomic mass is 16.3. The molecule has 48 heavy (non-hydrogen) atoms. The van der Waals surface area contributed by atoms with Crippen LogP contribution in [0.4, 0.5) is 0 Å². The Kier molecular flexibility index (Phi) is 5.91. The second kappa shape index (κ2) is 10.6. The molecule has 10 aromatic rings. The molecule has 2 nitrogen and oxygen atoms in total. The molecule has 0 N–H and O–H groups in total. The molecule has 10 rings (SSSR count). The van der Waals surface area contributed by atoms with Gasteiger partial charge < -0.3 is 8.83 Å². The summed E-state index contributed by atoms with van der Waals surface area (Å²) < 4.78 is 13.2. The molecule has 0 unspecified atom stereocenters. The first-order valence-electron chi connectivity index (χ1n) is 16.3. The van der Waals surface area contributed by atoms with Gasteiger partial charge in [-0.2, -0.15) is 0 Å². The third-order valence-corrected chi connectivity index (χ3v) is 9.64. The topological polar surface area (TPSA) is 26.3 Å². The molecule has 0 radical (unpaired) electrons. The predicted octanol–water partition coefficient (Wildman–Crippen LogP) is 13.3. The molecule has 0 saturated carbocycles. The monoisotopic (exact) mass is 612 g/mol. The van der Waals surface area contributed by atoms with Gasteiger partial charge >= 0.3 is 0 Å². The Morgan fingerprint density at radius 3 is 1.44 bits per heavy atom. The van der Waals surface area contributed by atoms with E-state index in [9.17, 15) is 0 Å². The molecule has 0 aliphatic rings. The van der Waals surface area contributed by atoms with E-state index in [2.05, 4.69) is 152 Å². The van der Waals surface area contributed by atoms with Crippen LogP contribution in [0.3, 0.4) is 0 Å². The van der Waals surface area contributed by atoms with Crippen molar-refractivity contribution >= 4 is 54.6 Å². The SMILES string of the molecule is c1ccc(-c2cc(-c3ccccc3)cc(-c3c4ccccc4c(-c4ccc5c(c4)oc4ccccc45)c4oc5ccccc5c34)c2)cc1. The van der Waals surface area contributed by atoms with Crippen LogP contribution in [0.2, 0.25) is 0 Å². The van der Waals surface area contributed by atoms with Crippen molar-refractivity contribution in [3.63, 3.8) is 0 Å². The summed E-state index contributed by atoms with van der Waals surface area (Å²) in [4.78, 5) is 0. The van der Waals surface area contributed by atoms with Crippen LogP contribution in [0, 0.1) is 0 Å². The Morgan fingerprint density at radius 1 is 0.271 bits per heavy atom. The standard InChI is InChI=1S/C46H28O2/c1-3-13-29(14-4-1)32-25-33(30-15-5-2-6-16-30)27-34(26-32)43-37-18-7-8-19-38(37)44(46-45(43)39-20-10-12-22-41(39)48-46)31-23-24-36-35-17-9-11-21-40(35)47-42(36)28-31/h1-28H. The van der Waals surface area contributed by atoms with Crippen LogP contribution in [-0.2, 0) is 0 Å². The molecule has 0 spiro atoms. The van der Waals surface area contributed by atoms with E-state index < -0.39 is 0 Å². The lowest BCUT2D eigenvalue weighted by Crippen LogP contribution is -1.91. The van der Waals surface area contributed by atoms with Crippen molar-refractivity contribution < 1.29 is 8.83 Å². The number of hydrogen-bond acceptors (Lipinski definition) is 2. The molecule has 0 bridgehead atoms. The number of benzene rings is 8. The smallest absolute Gasteiger partial charge is 0.144 e. The summed E-state index contributed by atoms with van der Waals surface area (Å²) in [5, 5.41) is 6.78. The van der Waals surface area contributed by atoms with Crippen LogP contribution in [0.5, 0.6) is 0 Å². The molecule has 0 aliphatic heterocycles. The molecule has 2 aromatic heterocycles. The summed E-state index contributed by atoms with van der Waals surface area (Å²) in [6.07, 6.45) is 0. The largest absolute Gasteiger partial charge is 0.456 e. The minimum absolute atomic E-state index is 0.870. The summed E-state index contributed by atoms with van der Waals surface area (Å²) in [5.74, 6) is 0. The molecule has 0 aliphatic carbocycles. The summed E-state index contributed by atoms with van der Waals surface area (Å²) >= 11 is 0. The van der Waals surface area contributed by atoms with Gasteiger partial charge in [-0.05, 0) is 86.6 Å².